The molecule has 1 saturated heterocycles. The minimum atomic E-state index is -0.0324. The summed E-state index contributed by atoms with van der Waals surface area (Å²) in [7, 11) is 0. The van der Waals surface area contributed by atoms with E-state index in [1.165, 1.54) is 0 Å². The zero-order chi connectivity index (χ0) is 13.1. The van der Waals surface area contributed by atoms with Gasteiger partial charge in [-0.15, -0.1) is 11.8 Å². The molecular formula is C14H18ClNOS. The number of nitrogens with one attached hydrogen (secondary N) is 1. The SMILES string of the molecule is CC(C)Sc1ccc(Cl)cc1C(=O)C1CCCN1. The van der Waals surface area contributed by atoms with Crippen molar-refractivity contribution < 1.29 is 4.79 Å². The molecule has 1 aliphatic rings. The van der Waals surface area contributed by atoms with Crippen molar-refractivity contribution in [2.45, 2.75) is 42.9 Å². The lowest BCUT2D eigenvalue weighted by atomic mass is 10.0. The lowest BCUT2D eigenvalue weighted by Gasteiger charge is -2.14. The predicted molar refractivity (Wildman–Crippen MR) is 77.8 cm³/mol. The van der Waals surface area contributed by atoms with Gasteiger partial charge < -0.3 is 5.32 Å². The molecule has 4 heteroatoms. The molecule has 1 unspecified atom stereocenters. The Morgan fingerprint density at radius 3 is 2.89 bits per heavy atom. The number of carbonyl (C=O) groups is 1. The minimum absolute atomic E-state index is 0.0324. The molecule has 2 rings (SSSR count). The van der Waals surface area contributed by atoms with E-state index in [4.69, 9.17) is 11.6 Å². The first-order chi connectivity index (χ1) is 8.58. The van der Waals surface area contributed by atoms with Crippen molar-refractivity contribution in [1.29, 1.82) is 0 Å². The Hall–Kier alpha value is -0.510. The van der Waals surface area contributed by atoms with Gasteiger partial charge in [-0.3, -0.25) is 4.79 Å². The lowest BCUT2D eigenvalue weighted by Crippen LogP contribution is -2.31. The molecule has 0 spiro atoms. The fourth-order valence-electron chi connectivity index (χ4n) is 2.15. The third kappa shape index (κ3) is 3.28. The van der Waals surface area contributed by atoms with Crippen molar-refractivity contribution in [2.75, 3.05) is 6.54 Å². The van der Waals surface area contributed by atoms with Crippen LogP contribution >= 0.6 is 23.4 Å². The van der Waals surface area contributed by atoms with Crippen LogP contribution in [0.5, 0.6) is 0 Å². The highest BCUT2D eigenvalue weighted by atomic mass is 35.5. The Morgan fingerprint density at radius 1 is 1.50 bits per heavy atom. The highest BCUT2D eigenvalue weighted by molar-refractivity contribution is 8.00. The number of Topliss-reactive ketones (excluding diaryl/α,β-unsaturated/α-hetero) is 1. The largest absolute Gasteiger partial charge is 0.307 e. The topological polar surface area (TPSA) is 29.1 Å². The summed E-state index contributed by atoms with van der Waals surface area (Å²) >= 11 is 7.74. The van der Waals surface area contributed by atoms with Crippen LogP contribution in [0.3, 0.4) is 0 Å². The standard InChI is InChI=1S/C14H18ClNOS/c1-9(2)18-13-6-5-10(15)8-11(13)14(17)12-4-3-7-16-12/h5-6,8-9,12,16H,3-4,7H2,1-2H3. The van der Waals surface area contributed by atoms with Gasteiger partial charge in [-0.2, -0.15) is 0 Å². The first-order valence-electron chi connectivity index (χ1n) is 6.31. The van der Waals surface area contributed by atoms with Gasteiger partial charge in [0.2, 0.25) is 0 Å². The van der Waals surface area contributed by atoms with Crippen LogP contribution in [-0.2, 0) is 0 Å². The van der Waals surface area contributed by atoms with E-state index in [0.717, 1.165) is 29.8 Å². The Labute approximate surface area is 117 Å². The van der Waals surface area contributed by atoms with E-state index in [0.29, 0.717) is 10.3 Å². The quantitative estimate of drug-likeness (QED) is 0.674. The van der Waals surface area contributed by atoms with E-state index in [-0.39, 0.29) is 11.8 Å². The number of benzene rings is 1. The van der Waals surface area contributed by atoms with E-state index < -0.39 is 0 Å². The third-order valence-electron chi connectivity index (χ3n) is 2.95. The second kappa shape index (κ2) is 6.09. The molecule has 1 atom stereocenters. The van der Waals surface area contributed by atoms with E-state index >= 15 is 0 Å². The Bertz CT molecular complexity index is 441. The molecule has 0 amide bonds. The normalized spacial score (nSPS) is 19.4. The average molecular weight is 284 g/mol. The Kier molecular flexibility index (Phi) is 4.71. The van der Waals surface area contributed by atoms with Crippen LogP contribution in [0.4, 0.5) is 0 Å². The van der Waals surface area contributed by atoms with Gasteiger partial charge in [0.05, 0.1) is 6.04 Å². The number of thioether (sulfide) groups is 1. The lowest BCUT2D eigenvalue weighted by molar-refractivity contribution is 0.0949. The fraction of sp³-hybridized carbons (Fsp3) is 0.500. The third-order valence-corrected chi connectivity index (χ3v) is 4.26. The molecule has 18 heavy (non-hydrogen) atoms. The van der Waals surface area contributed by atoms with Gasteiger partial charge >= 0.3 is 0 Å². The molecule has 2 nitrogen and oxygen atoms in total. The van der Waals surface area contributed by atoms with E-state index in [2.05, 4.69) is 19.2 Å². The van der Waals surface area contributed by atoms with Crippen molar-refractivity contribution in [2.24, 2.45) is 0 Å². The monoisotopic (exact) mass is 283 g/mol. The van der Waals surface area contributed by atoms with E-state index in [1.54, 1.807) is 17.8 Å². The van der Waals surface area contributed by atoms with Gasteiger partial charge in [-0.05, 0) is 37.6 Å². The molecule has 1 aromatic carbocycles. The highest BCUT2D eigenvalue weighted by Gasteiger charge is 2.25. The molecule has 1 N–H and O–H groups in total. The Balaban J connectivity index is 2.28. The molecule has 0 aliphatic carbocycles. The molecule has 0 aromatic heterocycles. The van der Waals surface area contributed by atoms with Crippen molar-refractivity contribution in [1.82, 2.24) is 5.32 Å². The average Bonchev–Trinajstić information content (AvgIpc) is 2.83. The maximum Gasteiger partial charge on any atom is 0.180 e. The van der Waals surface area contributed by atoms with Crippen molar-refractivity contribution >= 4 is 29.1 Å². The summed E-state index contributed by atoms with van der Waals surface area (Å²) in [6.45, 7) is 5.19. The Morgan fingerprint density at radius 2 is 2.28 bits per heavy atom. The predicted octanol–water partition coefficient (Wildman–Crippen LogP) is 3.78. The van der Waals surface area contributed by atoms with Crippen LogP contribution in [0, 0.1) is 0 Å². The zero-order valence-corrected chi connectivity index (χ0v) is 12.3. The van der Waals surface area contributed by atoms with Crippen molar-refractivity contribution in [3.05, 3.63) is 28.8 Å². The first kappa shape index (κ1) is 13.9. The molecular weight excluding hydrogens is 266 g/mol. The van der Waals surface area contributed by atoms with Crippen LogP contribution < -0.4 is 5.32 Å². The molecule has 1 heterocycles. The summed E-state index contributed by atoms with van der Waals surface area (Å²) in [5.41, 5.74) is 0.764. The van der Waals surface area contributed by atoms with Crippen molar-refractivity contribution in [3.8, 4) is 0 Å². The number of hydrogen-bond donors (Lipinski definition) is 1. The van der Waals surface area contributed by atoms with Gasteiger partial charge in [0.15, 0.2) is 5.78 Å². The second-order valence-electron chi connectivity index (χ2n) is 4.82. The van der Waals surface area contributed by atoms with Crippen LogP contribution in [0.25, 0.3) is 0 Å². The van der Waals surface area contributed by atoms with E-state index in [9.17, 15) is 4.79 Å². The van der Waals surface area contributed by atoms with E-state index in [1.807, 2.05) is 12.1 Å². The van der Waals surface area contributed by atoms with Gasteiger partial charge in [-0.1, -0.05) is 25.4 Å². The molecule has 1 aromatic rings. The molecule has 98 valence electrons. The highest BCUT2D eigenvalue weighted by Crippen LogP contribution is 2.30. The number of ketones is 1. The molecule has 1 fully saturated rings. The summed E-state index contributed by atoms with van der Waals surface area (Å²) in [5.74, 6) is 0.179. The number of halogens is 1. The van der Waals surface area contributed by atoms with Crippen LogP contribution in [0.1, 0.15) is 37.0 Å². The van der Waals surface area contributed by atoms with Crippen LogP contribution in [0.15, 0.2) is 23.1 Å². The molecule has 1 aliphatic heterocycles. The number of hydrogen-bond acceptors (Lipinski definition) is 3. The summed E-state index contributed by atoms with van der Waals surface area (Å²) < 4.78 is 0. The summed E-state index contributed by atoms with van der Waals surface area (Å²) in [4.78, 5) is 13.5. The minimum Gasteiger partial charge on any atom is -0.307 e. The van der Waals surface area contributed by atoms with Gasteiger partial charge in [0, 0.05) is 20.7 Å². The first-order valence-corrected chi connectivity index (χ1v) is 7.57. The van der Waals surface area contributed by atoms with Crippen LogP contribution in [0.2, 0.25) is 5.02 Å². The van der Waals surface area contributed by atoms with Gasteiger partial charge in [0.25, 0.3) is 0 Å². The summed E-state index contributed by atoms with van der Waals surface area (Å²) in [6, 6.07) is 5.57. The zero-order valence-electron chi connectivity index (χ0n) is 10.7. The number of rotatable bonds is 4. The van der Waals surface area contributed by atoms with Gasteiger partial charge in [-0.25, -0.2) is 0 Å². The maximum absolute atomic E-state index is 12.5. The number of carbonyl (C=O) groups excluding carboxylic acids is 1. The maximum atomic E-state index is 12.5. The fourth-order valence-corrected chi connectivity index (χ4v) is 3.26. The van der Waals surface area contributed by atoms with Crippen LogP contribution in [-0.4, -0.2) is 23.6 Å². The molecule has 0 bridgehead atoms. The summed E-state index contributed by atoms with van der Waals surface area (Å²) in [6.07, 6.45) is 2.00. The van der Waals surface area contributed by atoms with Crippen molar-refractivity contribution in [3.63, 3.8) is 0 Å². The smallest absolute Gasteiger partial charge is 0.180 e. The summed E-state index contributed by atoms with van der Waals surface area (Å²) in [5, 5.41) is 4.34. The second-order valence-corrected chi connectivity index (χ2v) is 6.88. The molecule has 0 saturated carbocycles. The van der Waals surface area contributed by atoms with Gasteiger partial charge in [0.1, 0.15) is 0 Å². The molecule has 0 radical (unpaired) electrons.